The number of amides is 1. The number of likely N-dealkylation sites (tertiary alicyclic amines) is 1. The lowest BCUT2D eigenvalue weighted by atomic mass is 9.93. The molecule has 1 aliphatic rings. The van der Waals surface area contributed by atoms with Gasteiger partial charge in [-0.3, -0.25) is 9.59 Å². The van der Waals surface area contributed by atoms with Crippen LogP contribution in [0.25, 0.3) is 5.76 Å². The number of carbonyl (C=O) groups is 2. The van der Waals surface area contributed by atoms with Crippen LogP contribution in [0.1, 0.15) is 60.7 Å². The molecule has 0 radical (unpaired) electrons. The molecule has 2 heterocycles. The fraction of sp³-hybridized carbons (Fsp3) is 0.235. The molecule has 41 heavy (non-hydrogen) atoms. The van der Waals surface area contributed by atoms with Crippen LogP contribution in [0.4, 0.5) is 0 Å². The fourth-order valence-corrected chi connectivity index (χ4v) is 5.04. The maximum Gasteiger partial charge on any atom is 0.296 e. The van der Waals surface area contributed by atoms with Crippen molar-refractivity contribution in [2.24, 2.45) is 0 Å². The van der Waals surface area contributed by atoms with Gasteiger partial charge in [0.25, 0.3) is 11.7 Å². The van der Waals surface area contributed by atoms with Crippen molar-refractivity contribution in [1.82, 2.24) is 4.90 Å². The number of ether oxygens (including phenoxy) is 2. The minimum atomic E-state index is -0.822. The highest BCUT2D eigenvalue weighted by Gasteiger charge is 2.46. The first kappa shape index (κ1) is 27.8. The van der Waals surface area contributed by atoms with Crippen LogP contribution in [-0.2, 0) is 22.7 Å². The van der Waals surface area contributed by atoms with Gasteiger partial charge in [0.05, 0.1) is 31.0 Å². The van der Waals surface area contributed by atoms with E-state index in [-0.39, 0.29) is 23.8 Å². The summed E-state index contributed by atoms with van der Waals surface area (Å²) in [7, 11) is 0. The number of benzene rings is 3. The van der Waals surface area contributed by atoms with E-state index in [1.165, 1.54) is 11.2 Å². The Balaban J connectivity index is 1.54. The molecule has 0 spiro atoms. The molecule has 0 saturated carbocycles. The van der Waals surface area contributed by atoms with E-state index in [0.29, 0.717) is 35.9 Å². The quantitative estimate of drug-likeness (QED) is 0.130. The van der Waals surface area contributed by atoms with Crippen LogP contribution in [-0.4, -0.2) is 28.3 Å². The van der Waals surface area contributed by atoms with E-state index in [1.807, 2.05) is 69.3 Å². The first-order valence-corrected chi connectivity index (χ1v) is 13.7. The Hall–Kier alpha value is -4.78. The third kappa shape index (κ3) is 5.89. The van der Waals surface area contributed by atoms with Crippen molar-refractivity contribution >= 4 is 17.4 Å². The summed E-state index contributed by atoms with van der Waals surface area (Å²) in [6.45, 7) is 6.97. The predicted molar refractivity (Wildman–Crippen MR) is 155 cm³/mol. The van der Waals surface area contributed by atoms with Crippen LogP contribution in [0.2, 0.25) is 0 Å². The number of rotatable bonds is 10. The molecule has 210 valence electrons. The number of aliphatic hydroxyl groups excluding tert-OH is 1. The Morgan fingerprint density at radius 3 is 2.37 bits per heavy atom. The topological polar surface area (TPSA) is 89.2 Å². The highest BCUT2D eigenvalue weighted by Crippen LogP contribution is 2.41. The predicted octanol–water partition coefficient (Wildman–Crippen LogP) is 7.00. The number of carbonyl (C=O) groups excluding carboxylic acids is 2. The summed E-state index contributed by atoms with van der Waals surface area (Å²) in [5.74, 6) is 0.335. The molecule has 4 aromatic rings. The summed E-state index contributed by atoms with van der Waals surface area (Å²) in [5.41, 5.74) is 3.08. The van der Waals surface area contributed by atoms with Gasteiger partial charge in [0, 0.05) is 5.56 Å². The average Bonchev–Trinajstić information content (AvgIpc) is 3.59. The summed E-state index contributed by atoms with van der Waals surface area (Å²) >= 11 is 0. The number of furan rings is 1. The standard InChI is InChI=1S/C34H33NO6/c1-4-39-29-17-14-25(19-28(29)22(2)3)32(36)30-31(35(34(38)33(30)37)20-27-11-8-18-40-27)24-12-15-26(16-13-24)41-21-23-9-6-5-7-10-23/h5-19,22,31,36H,4,20-21H2,1-3H3/b32-30-. The number of hydrogen-bond donors (Lipinski definition) is 1. The van der Waals surface area contributed by atoms with Crippen LogP contribution in [0, 0.1) is 0 Å². The molecule has 1 aromatic heterocycles. The molecule has 1 fully saturated rings. The normalized spacial score (nSPS) is 16.4. The van der Waals surface area contributed by atoms with Crippen LogP contribution in [0.15, 0.2) is 101 Å². The van der Waals surface area contributed by atoms with E-state index < -0.39 is 17.7 Å². The molecule has 5 rings (SSSR count). The average molecular weight is 552 g/mol. The van der Waals surface area contributed by atoms with E-state index >= 15 is 0 Å². The second-order valence-electron chi connectivity index (χ2n) is 10.2. The van der Waals surface area contributed by atoms with Gasteiger partial charge >= 0.3 is 0 Å². The van der Waals surface area contributed by atoms with Gasteiger partial charge in [-0.25, -0.2) is 0 Å². The lowest BCUT2D eigenvalue weighted by molar-refractivity contribution is -0.140. The van der Waals surface area contributed by atoms with Crippen molar-refractivity contribution in [3.63, 3.8) is 0 Å². The van der Waals surface area contributed by atoms with Gasteiger partial charge in [-0.05, 0) is 72.0 Å². The highest BCUT2D eigenvalue weighted by atomic mass is 16.5. The lowest BCUT2D eigenvalue weighted by Crippen LogP contribution is -2.29. The summed E-state index contributed by atoms with van der Waals surface area (Å²) < 4.78 is 17.2. The van der Waals surface area contributed by atoms with Crippen molar-refractivity contribution in [2.75, 3.05) is 6.61 Å². The molecular formula is C34H33NO6. The highest BCUT2D eigenvalue weighted by molar-refractivity contribution is 6.46. The minimum Gasteiger partial charge on any atom is -0.507 e. The molecule has 0 bridgehead atoms. The summed E-state index contributed by atoms with van der Waals surface area (Å²) in [4.78, 5) is 28.3. The fourth-order valence-electron chi connectivity index (χ4n) is 5.04. The first-order chi connectivity index (χ1) is 19.9. The van der Waals surface area contributed by atoms with Crippen molar-refractivity contribution in [1.29, 1.82) is 0 Å². The molecule has 1 saturated heterocycles. The Bertz CT molecular complexity index is 1540. The smallest absolute Gasteiger partial charge is 0.296 e. The van der Waals surface area contributed by atoms with Gasteiger partial charge in [-0.2, -0.15) is 0 Å². The number of aliphatic hydroxyl groups is 1. The van der Waals surface area contributed by atoms with E-state index in [9.17, 15) is 14.7 Å². The molecule has 1 amide bonds. The van der Waals surface area contributed by atoms with Gasteiger partial charge in [-0.1, -0.05) is 56.3 Å². The van der Waals surface area contributed by atoms with Gasteiger partial charge in [0.15, 0.2) is 0 Å². The van der Waals surface area contributed by atoms with E-state index in [0.717, 1.165) is 16.9 Å². The van der Waals surface area contributed by atoms with Crippen LogP contribution in [0.3, 0.4) is 0 Å². The zero-order valence-electron chi connectivity index (χ0n) is 23.4. The number of hydrogen-bond acceptors (Lipinski definition) is 6. The van der Waals surface area contributed by atoms with E-state index in [1.54, 1.807) is 36.4 Å². The molecular weight excluding hydrogens is 518 g/mol. The molecule has 1 aliphatic heterocycles. The van der Waals surface area contributed by atoms with Crippen molar-refractivity contribution < 1.29 is 28.6 Å². The number of Topliss-reactive ketones (excluding diaryl/α,β-unsaturated/α-hetero) is 1. The second-order valence-corrected chi connectivity index (χ2v) is 10.2. The van der Waals surface area contributed by atoms with Gasteiger partial charge in [-0.15, -0.1) is 0 Å². The minimum absolute atomic E-state index is 0.0263. The number of nitrogens with zero attached hydrogens (tertiary/aromatic N) is 1. The summed E-state index contributed by atoms with van der Waals surface area (Å²) in [6, 6.07) is 25.1. The zero-order chi connectivity index (χ0) is 28.9. The van der Waals surface area contributed by atoms with Gasteiger partial charge in [0.1, 0.15) is 29.6 Å². The maximum atomic E-state index is 13.5. The Labute approximate surface area is 239 Å². The molecule has 1 unspecified atom stereocenters. The van der Waals surface area contributed by atoms with Crippen LogP contribution >= 0.6 is 0 Å². The van der Waals surface area contributed by atoms with Gasteiger partial charge in [0.2, 0.25) is 0 Å². The second kappa shape index (κ2) is 12.2. The Morgan fingerprint density at radius 2 is 1.71 bits per heavy atom. The Kier molecular flexibility index (Phi) is 8.24. The van der Waals surface area contributed by atoms with Crippen molar-refractivity contribution in [3.05, 3.63) is 125 Å². The van der Waals surface area contributed by atoms with Crippen LogP contribution < -0.4 is 9.47 Å². The molecule has 1 atom stereocenters. The van der Waals surface area contributed by atoms with Crippen LogP contribution in [0.5, 0.6) is 11.5 Å². The molecule has 7 nitrogen and oxygen atoms in total. The Morgan fingerprint density at radius 1 is 0.951 bits per heavy atom. The lowest BCUT2D eigenvalue weighted by Gasteiger charge is -2.25. The van der Waals surface area contributed by atoms with Crippen molar-refractivity contribution in [2.45, 2.75) is 45.9 Å². The maximum absolute atomic E-state index is 13.5. The molecule has 7 heteroatoms. The SMILES string of the molecule is CCOc1ccc(/C(O)=C2/C(=O)C(=O)N(Cc3ccco3)C2c2ccc(OCc3ccccc3)cc2)cc1C(C)C. The first-order valence-electron chi connectivity index (χ1n) is 13.7. The molecule has 0 aliphatic carbocycles. The third-order valence-corrected chi connectivity index (χ3v) is 7.10. The summed E-state index contributed by atoms with van der Waals surface area (Å²) in [6.07, 6.45) is 1.52. The monoisotopic (exact) mass is 551 g/mol. The number of ketones is 1. The van der Waals surface area contributed by atoms with Crippen molar-refractivity contribution in [3.8, 4) is 11.5 Å². The van der Waals surface area contributed by atoms with E-state index in [2.05, 4.69) is 0 Å². The molecule has 1 N–H and O–H groups in total. The van der Waals surface area contributed by atoms with E-state index in [4.69, 9.17) is 13.9 Å². The third-order valence-electron chi connectivity index (χ3n) is 7.10. The van der Waals surface area contributed by atoms with Gasteiger partial charge < -0.3 is 23.9 Å². The molecule has 3 aromatic carbocycles. The summed E-state index contributed by atoms with van der Waals surface area (Å²) in [5, 5.41) is 11.6. The largest absolute Gasteiger partial charge is 0.507 e. The zero-order valence-corrected chi connectivity index (χ0v) is 23.4.